The van der Waals surface area contributed by atoms with E-state index in [1.54, 1.807) is 0 Å². The Hall–Kier alpha value is -3.48. The fraction of sp³-hybridized carbons (Fsp3) is 0.360. The van der Waals surface area contributed by atoms with E-state index in [0.29, 0.717) is 12.8 Å². The lowest BCUT2D eigenvalue weighted by Gasteiger charge is -2.11. The van der Waals surface area contributed by atoms with Crippen LogP contribution in [-0.2, 0) is 24.2 Å². The van der Waals surface area contributed by atoms with Gasteiger partial charge in [-0.25, -0.2) is 14.5 Å². The number of hydrogen-bond acceptors (Lipinski definition) is 4. The molecule has 0 fully saturated rings. The first-order chi connectivity index (χ1) is 15.5. The molecule has 0 bridgehead atoms. The molecule has 1 aromatic carbocycles. The molecule has 7 nitrogen and oxygen atoms in total. The van der Waals surface area contributed by atoms with Crippen molar-refractivity contribution in [3.8, 4) is 11.3 Å². The van der Waals surface area contributed by atoms with Gasteiger partial charge in [0.25, 0.3) is 0 Å². The monoisotopic (exact) mass is 428 g/mol. The van der Waals surface area contributed by atoms with Gasteiger partial charge in [-0.3, -0.25) is 4.79 Å². The van der Waals surface area contributed by atoms with Crippen LogP contribution in [0, 0.1) is 20.8 Å². The minimum atomic E-state index is -0.00857. The van der Waals surface area contributed by atoms with Crippen LogP contribution in [0.4, 0.5) is 5.69 Å². The van der Waals surface area contributed by atoms with E-state index in [9.17, 15) is 4.79 Å². The standard InChI is InChI=1S/C25H28N6O/c1-16-14-24-26-17(2)21(18(3)31(24)29-16)11-12-25(32)27-20-9-7-19(8-10-20)22-15-30-13-5-4-6-23(30)28-22/h7-10,14-15H,4-6,11-13H2,1-3H3,(H,27,32). The quantitative estimate of drug-likeness (QED) is 0.510. The lowest BCUT2D eigenvalue weighted by Crippen LogP contribution is -2.14. The van der Waals surface area contributed by atoms with Crippen molar-refractivity contribution in [1.29, 1.82) is 0 Å². The third kappa shape index (κ3) is 3.90. The number of aryl methyl sites for hydroxylation is 5. The number of hydrogen-bond donors (Lipinski definition) is 1. The average Bonchev–Trinajstić information content (AvgIpc) is 3.37. The molecule has 4 heterocycles. The minimum Gasteiger partial charge on any atom is -0.334 e. The first kappa shape index (κ1) is 20.4. The molecule has 1 aliphatic rings. The van der Waals surface area contributed by atoms with Gasteiger partial charge in [0.1, 0.15) is 5.82 Å². The predicted molar refractivity (Wildman–Crippen MR) is 125 cm³/mol. The fourth-order valence-corrected chi connectivity index (χ4v) is 4.54. The topological polar surface area (TPSA) is 77.1 Å². The summed E-state index contributed by atoms with van der Waals surface area (Å²) in [7, 11) is 0. The van der Waals surface area contributed by atoms with Crippen molar-refractivity contribution in [3.63, 3.8) is 0 Å². The second-order valence-corrected chi connectivity index (χ2v) is 8.64. The second-order valence-electron chi connectivity index (χ2n) is 8.64. The third-order valence-corrected chi connectivity index (χ3v) is 6.26. The maximum atomic E-state index is 12.6. The molecule has 0 saturated heterocycles. The van der Waals surface area contributed by atoms with E-state index < -0.39 is 0 Å². The number of nitrogens with one attached hydrogen (secondary N) is 1. The molecule has 0 atom stereocenters. The molecular weight excluding hydrogens is 400 g/mol. The molecule has 5 rings (SSSR count). The summed E-state index contributed by atoms with van der Waals surface area (Å²) < 4.78 is 4.12. The Morgan fingerprint density at radius 3 is 2.69 bits per heavy atom. The van der Waals surface area contributed by atoms with Crippen LogP contribution in [0.2, 0.25) is 0 Å². The van der Waals surface area contributed by atoms with Gasteiger partial charge in [-0.15, -0.1) is 0 Å². The molecule has 32 heavy (non-hydrogen) atoms. The van der Waals surface area contributed by atoms with E-state index >= 15 is 0 Å². The Balaban J connectivity index is 1.24. The number of carbonyl (C=O) groups is 1. The average molecular weight is 429 g/mol. The number of carbonyl (C=O) groups excluding carboxylic acids is 1. The predicted octanol–water partition coefficient (Wildman–Crippen LogP) is 4.43. The summed E-state index contributed by atoms with van der Waals surface area (Å²) in [4.78, 5) is 22.0. The maximum Gasteiger partial charge on any atom is 0.224 e. The van der Waals surface area contributed by atoms with Gasteiger partial charge in [0.05, 0.1) is 11.4 Å². The van der Waals surface area contributed by atoms with Crippen molar-refractivity contribution in [3.05, 3.63) is 65.0 Å². The van der Waals surface area contributed by atoms with Gasteiger partial charge in [-0.05, 0) is 57.7 Å². The first-order valence-corrected chi connectivity index (χ1v) is 11.3. The van der Waals surface area contributed by atoms with Gasteiger partial charge >= 0.3 is 0 Å². The number of anilines is 1. The number of benzene rings is 1. The normalized spacial score (nSPS) is 13.3. The molecule has 3 aromatic heterocycles. The zero-order valence-corrected chi connectivity index (χ0v) is 18.9. The van der Waals surface area contributed by atoms with Gasteiger partial charge in [0.15, 0.2) is 5.65 Å². The van der Waals surface area contributed by atoms with Crippen molar-refractivity contribution in [2.45, 2.75) is 59.4 Å². The third-order valence-electron chi connectivity index (χ3n) is 6.26. The summed E-state index contributed by atoms with van der Waals surface area (Å²) in [5.41, 5.74) is 7.74. The Kier molecular flexibility index (Phi) is 5.25. The van der Waals surface area contributed by atoms with Crippen LogP contribution >= 0.6 is 0 Å². The number of rotatable bonds is 5. The van der Waals surface area contributed by atoms with E-state index in [1.807, 2.05) is 55.6 Å². The van der Waals surface area contributed by atoms with Gasteiger partial charge in [-0.2, -0.15) is 5.10 Å². The molecule has 0 saturated carbocycles. The largest absolute Gasteiger partial charge is 0.334 e. The van der Waals surface area contributed by atoms with Crippen molar-refractivity contribution < 1.29 is 4.79 Å². The summed E-state index contributed by atoms with van der Waals surface area (Å²) in [5.74, 6) is 1.16. The highest BCUT2D eigenvalue weighted by molar-refractivity contribution is 5.91. The lowest BCUT2D eigenvalue weighted by atomic mass is 10.1. The second kappa shape index (κ2) is 8.22. The van der Waals surface area contributed by atoms with Crippen LogP contribution in [0.1, 0.15) is 47.7 Å². The number of imidazole rings is 1. The van der Waals surface area contributed by atoms with Crippen LogP contribution in [0.3, 0.4) is 0 Å². The van der Waals surface area contributed by atoms with Crippen molar-refractivity contribution in [1.82, 2.24) is 24.1 Å². The summed E-state index contributed by atoms with van der Waals surface area (Å²) in [6, 6.07) is 9.91. The van der Waals surface area contributed by atoms with Gasteiger partial charge in [0.2, 0.25) is 5.91 Å². The number of aromatic nitrogens is 5. The van der Waals surface area contributed by atoms with Crippen LogP contribution in [0.25, 0.3) is 16.9 Å². The van der Waals surface area contributed by atoms with Crippen molar-refractivity contribution >= 4 is 17.2 Å². The molecule has 1 amide bonds. The molecule has 0 unspecified atom stereocenters. The summed E-state index contributed by atoms with van der Waals surface area (Å²) in [6.07, 6.45) is 6.65. The highest BCUT2D eigenvalue weighted by Gasteiger charge is 2.15. The number of nitrogens with zero attached hydrogens (tertiary/aromatic N) is 5. The van der Waals surface area contributed by atoms with Crippen LogP contribution < -0.4 is 5.32 Å². The summed E-state index contributed by atoms with van der Waals surface area (Å²) >= 11 is 0. The highest BCUT2D eigenvalue weighted by atomic mass is 16.1. The van der Waals surface area contributed by atoms with Crippen LogP contribution in [0.15, 0.2) is 36.5 Å². The van der Waals surface area contributed by atoms with Crippen LogP contribution in [-0.4, -0.2) is 30.1 Å². The minimum absolute atomic E-state index is 0.00857. The fourth-order valence-electron chi connectivity index (χ4n) is 4.54. The zero-order valence-electron chi connectivity index (χ0n) is 18.9. The molecule has 0 spiro atoms. The zero-order chi connectivity index (χ0) is 22.2. The van der Waals surface area contributed by atoms with E-state index in [-0.39, 0.29) is 5.91 Å². The molecule has 1 aliphatic heterocycles. The van der Waals surface area contributed by atoms with Gasteiger partial charge < -0.3 is 9.88 Å². The van der Waals surface area contributed by atoms with Crippen molar-refractivity contribution in [2.75, 3.05) is 5.32 Å². The van der Waals surface area contributed by atoms with E-state index in [0.717, 1.165) is 58.2 Å². The Morgan fingerprint density at radius 2 is 1.91 bits per heavy atom. The van der Waals surface area contributed by atoms with E-state index in [2.05, 4.69) is 26.2 Å². The first-order valence-electron chi connectivity index (χ1n) is 11.3. The molecule has 7 heteroatoms. The van der Waals surface area contributed by atoms with Crippen LogP contribution in [0.5, 0.6) is 0 Å². The number of fused-ring (bicyclic) bond motifs is 2. The summed E-state index contributed by atoms with van der Waals surface area (Å²) in [6.45, 7) is 7.05. The molecule has 0 radical (unpaired) electrons. The Bertz CT molecular complexity index is 1270. The number of amides is 1. The maximum absolute atomic E-state index is 12.6. The van der Waals surface area contributed by atoms with Gasteiger partial charge in [-0.1, -0.05) is 12.1 Å². The SMILES string of the molecule is Cc1cc2nc(C)c(CCC(=O)Nc3ccc(-c4cn5c(n4)CCCC5)cc3)c(C)n2n1. The molecule has 4 aromatic rings. The molecule has 0 aliphatic carbocycles. The Morgan fingerprint density at radius 1 is 1.09 bits per heavy atom. The van der Waals surface area contributed by atoms with E-state index in [4.69, 9.17) is 4.98 Å². The molecular formula is C25H28N6O. The smallest absolute Gasteiger partial charge is 0.224 e. The highest BCUT2D eigenvalue weighted by Crippen LogP contribution is 2.24. The van der Waals surface area contributed by atoms with Gasteiger partial charge in [0, 0.05) is 54.3 Å². The molecule has 1 N–H and O–H groups in total. The lowest BCUT2D eigenvalue weighted by molar-refractivity contribution is -0.116. The molecule has 164 valence electrons. The van der Waals surface area contributed by atoms with E-state index in [1.165, 1.54) is 18.7 Å². The van der Waals surface area contributed by atoms with Crippen molar-refractivity contribution in [2.24, 2.45) is 0 Å². The summed E-state index contributed by atoms with van der Waals surface area (Å²) in [5, 5.41) is 7.52. The Labute approximate surface area is 187 Å².